The molecule has 3 aromatic rings. The molecule has 0 aliphatic rings. The predicted octanol–water partition coefficient (Wildman–Crippen LogP) is 4.83. The van der Waals surface area contributed by atoms with Gasteiger partial charge in [-0.2, -0.15) is 0 Å². The first-order chi connectivity index (χ1) is 15.3. The van der Waals surface area contributed by atoms with Crippen LogP contribution in [0.3, 0.4) is 0 Å². The van der Waals surface area contributed by atoms with Gasteiger partial charge in [0.25, 0.3) is 10.0 Å². The number of anilines is 1. The zero-order valence-corrected chi connectivity index (χ0v) is 20.1. The number of aliphatic hydroxyl groups is 1. The number of benzene rings is 3. The molecule has 3 rings (SSSR count). The summed E-state index contributed by atoms with van der Waals surface area (Å²) in [5, 5.41) is 12.8. The quantitative estimate of drug-likeness (QED) is 0.451. The minimum atomic E-state index is -3.86. The van der Waals surface area contributed by atoms with E-state index in [1.165, 1.54) is 4.31 Å². The van der Waals surface area contributed by atoms with Crippen molar-refractivity contribution in [2.45, 2.75) is 44.6 Å². The van der Waals surface area contributed by atoms with Crippen molar-refractivity contribution in [2.24, 2.45) is 0 Å². The first-order valence-electron chi connectivity index (χ1n) is 11.3. The lowest BCUT2D eigenvalue weighted by Gasteiger charge is -2.30. The van der Waals surface area contributed by atoms with Gasteiger partial charge in [0, 0.05) is 6.54 Å². The van der Waals surface area contributed by atoms with E-state index in [1.54, 1.807) is 24.3 Å². The lowest BCUT2D eigenvalue weighted by atomic mass is 10.1. The van der Waals surface area contributed by atoms with Gasteiger partial charge in [-0.3, -0.25) is 4.31 Å². The van der Waals surface area contributed by atoms with Crippen LogP contribution in [0.1, 0.15) is 32.3 Å². The highest BCUT2D eigenvalue weighted by Gasteiger charge is 2.28. The van der Waals surface area contributed by atoms with Crippen LogP contribution in [0.2, 0.25) is 0 Å². The average Bonchev–Trinajstić information content (AvgIpc) is 2.78. The Hall–Kier alpha value is -2.41. The van der Waals surface area contributed by atoms with Gasteiger partial charge in [-0.1, -0.05) is 61.9 Å². The number of aliphatic hydroxyl groups excluding tert-OH is 1. The highest BCUT2D eigenvalue weighted by Crippen LogP contribution is 2.27. The summed E-state index contributed by atoms with van der Waals surface area (Å²) in [6, 6.07) is 20.3. The van der Waals surface area contributed by atoms with Gasteiger partial charge in [0.2, 0.25) is 0 Å². The summed E-state index contributed by atoms with van der Waals surface area (Å²) in [5.74, 6) is 0. The monoisotopic (exact) mass is 454 g/mol. The molecule has 0 heterocycles. The number of hydrogen-bond donors (Lipinski definition) is 1. The van der Waals surface area contributed by atoms with Gasteiger partial charge in [-0.15, -0.1) is 0 Å². The molecule has 6 heteroatoms. The van der Waals surface area contributed by atoms with E-state index in [9.17, 15) is 13.5 Å². The normalized spacial score (nSPS) is 12.9. The Morgan fingerprint density at radius 3 is 2.09 bits per heavy atom. The first-order valence-corrected chi connectivity index (χ1v) is 12.8. The Labute approximate surface area is 192 Å². The Bertz CT molecular complexity index is 1110. The van der Waals surface area contributed by atoms with Crippen LogP contribution in [-0.4, -0.2) is 50.7 Å². The summed E-state index contributed by atoms with van der Waals surface area (Å²) in [4.78, 5) is 2.42. The maximum absolute atomic E-state index is 13.7. The Morgan fingerprint density at radius 1 is 0.844 bits per heavy atom. The van der Waals surface area contributed by atoms with E-state index in [-0.39, 0.29) is 11.4 Å². The number of hydrogen-bond acceptors (Lipinski definition) is 4. The fourth-order valence-corrected chi connectivity index (χ4v) is 5.52. The van der Waals surface area contributed by atoms with E-state index < -0.39 is 16.1 Å². The summed E-state index contributed by atoms with van der Waals surface area (Å²) in [5.41, 5.74) is 1.61. The van der Waals surface area contributed by atoms with E-state index in [1.807, 2.05) is 49.4 Å². The zero-order chi connectivity index (χ0) is 23.1. The molecule has 0 saturated heterocycles. The van der Waals surface area contributed by atoms with Gasteiger partial charge >= 0.3 is 0 Å². The number of sulfonamides is 1. The van der Waals surface area contributed by atoms with Crippen LogP contribution in [-0.2, 0) is 10.0 Å². The van der Waals surface area contributed by atoms with Crippen LogP contribution in [0, 0.1) is 6.92 Å². The Kier molecular flexibility index (Phi) is 8.29. The molecule has 172 valence electrons. The third-order valence-electron chi connectivity index (χ3n) is 5.56. The molecule has 1 N–H and O–H groups in total. The number of rotatable bonds is 11. The fraction of sp³-hybridized carbons (Fsp3) is 0.385. The fourth-order valence-electron chi connectivity index (χ4n) is 3.98. The third-order valence-corrected chi connectivity index (χ3v) is 7.35. The minimum Gasteiger partial charge on any atom is -0.390 e. The lowest BCUT2D eigenvalue weighted by Crippen LogP contribution is -2.43. The molecule has 0 aliphatic heterocycles. The van der Waals surface area contributed by atoms with Gasteiger partial charge in [-0.05, 0) is 67.9 Å². The topological polar surface area (TPSA) is 60.9 Å². The van der Waals surface area contributed by atoms with Crippen molar-refractivity contribution >= 4 is 26.5 Å². The second-order valence-electron chi connectivity index (χ2n) is 8.34. The van der Waals surface area contributed by atoms with Crippen LogP contribution in [0.4, 0.5) is 5.69 Å². The van der Waals surface area contributed by atoms with E-state index in [4.69, 9.17) is 0 Å². The second-order valence-corrected chi connectivity index (χ2v) is 10.2. The van der Waals surface area contributed by atoms with Crippen molar-refractivity contribution in [3.63, 3.8) is 0 Å². The van der Waals surface area contributed by atoms with Crippen molar-refractivity contribution < 1.29 is 13.5 Å². The Morgan fingerprint density at radius 2 is 1.47 bits per heavy atom. The Balaban J connectivity index is 1.95. The number of nitrogens with zero attached hydrogens (tertiary/aromatic N) is 2. The molecule has 0 unspecified atom stereocenters. The molecule has 3 aromatic carbocycles. The first kappa shape index (κ1) is 24.2. The molecule has 0 bridgehead atoms. The summed E-state index contributed by atoms with van der Waals surface area (Å²) in [6.07, 6.45) is 1.18. The van der Waals surface area contributed by atoms with Crippen molar-refractivity contribution in [3.8, 4) is 0 Å². The number of fused-ring (bicyclic) bond motifs is 1. The van der Waals surface area contributed by atoms with Crippen molar-refractivity contribution in [2.75, 3.05) is 30.5 Å². The molecule has 0 aromatic heterocycles. The average molecular weight is 455 g/mol. The SMILES string of the molecule is CCCN(CCC)C[C@H](O)CN(c1ccc(C)cc1)S(=O)(=O)c1ccc2ccccc2c1. The van der Waals surface area contributed by atoms with Crippen LogP contribution in [0.15, 0.2) is 71.6 Å². The van der Waals surface area contributed by atoms with Crippen molar-refractivity contribution in [1.29, 1.82) is 0 Å². The molecule has 1 atom stereocenters. The standard InChI is InChI=1S/C26H34N2O3S/c1-4-16-27(17-5-2)19-25(29)20-28(24-13-10-21(3)11-14-24)32(30,31)26-15-12-22-8-6-7-9-23(22)18-26/h6-15,18,25,29H,4-5,16-17,19-20H2,1-3H3/t25-/m0/s1. The van der Waals surface area contributed by atoms with Gasteiger partial charge < -0.3 is 10.0 Å². The summed E-state index contributed by atoms with van der Waals surface area (Å²) in [7, 11) is -3.86. The molecule has 0 aliphatic carbocycles. The lowest BCUT2D eigenvalue weighted by molar-refractivity contribution is 0.119. The van der Waals surface area contributed by atoms with E-state index in [0.717, 1.165) is 42.3 Å². The highest BCUT2D eigenvalue weighted by atomic mass is 32.2. The molecule has 0 radical (unpaired) electrons. The van der Waals surface area contributed by atoms with Gasteiger partial charge in [0.05, 0.1) is 23.2 Å². The van der Waals surface area contributed by atoms with Gasteiger partial charge in [0.1, 0.15) is 0 Å². The zero-order valence-electron chi connectivity index (χ0n) is 19.2. The van der Waals surface area contributed by atoms with E-state index >= 15 is 0 Å². The smallest absolute Gasteiger partial charge is 0.264 e. The molecular formula is C26H34N2O3S. The third kappa shape index (κ3) is 5.88. The second kappa shape index (κ2) is 10.9. The summed E-state index contributed by atoms with van der Waals surface area (Å²) >= 11 is 0. The van der Waals surface area contributed by atoms with Crippen LogP contribution in [0.5, 0.6) is 0 Å². The highest BCUT2D eigenvalue weighted by molar-refractivity contribution is 7.92. The largest absolute Gasteiger partial charge is 0.390 e. The van der Waals surface area contributed by atoms with Crippen LogP contribution < -0.4 is 4.31 Å². The number of aryl methyl sites for hydroxylation is 1. The van der Waals surface area contributed by atoms with E-state index in [0.29, 0.717) is 12.2 Å². The molecule has 0 spiro atoms. The van der Waals surface area contributed by atoms with E-state index in [2.05, 4.69) is 18.7 Å². The molecule has 0 fully saturated rings. The van der Waals surface area contributed by atoms with Crippen molar-refractivity contribution in [3.05, 3.63) is 72.3 Å². The summed E-state index contributed by atoms with van der Waals surface area (Å²) < 4.78 is 28.8. The maximum atomic E-state index is 13.7. The van der Waals surface area contributed by atoms with Gasteiger partial charge in [0.15, 0.2) is 0 Å². The molecule has 0 amide bonds. The summed E-state index contributed by atoms with van der Waals surface area (Å²) in [6.45, 7) is 8.39. The maximum Gasteiger partial charge on any atom is 0.264 e. The minimum absolute atomic E-state index is 0.00213. The molecule has 0 saturated carbocycles. The van der Waals surface area contributed by atoms with Crippen LogP contribution >= 0.6 is 0 Å². The molecule has 5 nitrogen and oxygen atoms in total. The predicted molar refractivity (Wildman–Crippen MR) is 133 cm³/mol. The van der Waals surface area contributed by atoms with Crippen LogP contribution in [0.25, 0.3) is 10.8 Å². The molecular weight excluding hydrogens is 420 g/mol. The van der Waals surface area contributed by atoms with Gasteiger partial charge in [-0.25, -0.2) is 8.42 Å². The van der Waals surface area contributed by atoms with Crippen molar-refractivity contribution in [1.82, 2.24) is 4.90 Å². The molecule has 32 heavy (non-hydrogen) atoms.